The maximum Gasteiger partial charge on any atom is 0.416 e. The van der Waals surface area contributed by atoms with Crippen molar-refractivity contribution < 1.29 is 31.2 Å². The van der Waals surface area contributed by atoms with Gasteiger partial charge in [0.25, 0.3) is 5.91 Å². The molecule has 1 atom stereocenters. The lowest BCUT2D eigenvalue weighted by molar-refractivity contribution is -0.137. The molecule has 0 bridgehead atoms. The molecule has 4 aromatic rings. The van der Waals surface area contributed by atoms with Crippen LogP contribution in [-0.4, -0.2) is 5.91 Å². The zero-order valence-electron chi connectivity index (χ0n) is 16.5. The van der Waals surface area contributed by atoms with Crippen molar-refractivity contribution in [3.63, 3.8) is 0 Å². The first kappa shape index (κ1) is 20.9. The van der Waals surface area contributed by atoms with Crippen molar-refractivity contribution in [2.75, 3.05) is 4.90 Å². The van der Waals surface area contributed by atoms with Crippen molar-refractivity contribution in [1.29, 1.82) is 0 Å². The number of amides is 1. The molecule has 1 aromatic heterocycles. The molecule has 0 N–H and O–H groups in total. The van der Waals surface area contributed by atoms with E-state index in [1.807, 2.05) is 0 Å². The second kappa shape index (κ2) is 7.26. The first-order chi connectivity index (χ1) is 15.6. The van der Waals surface area contributed by atoms with E-state index in [2.05, 4.69) is 0 Å². The molecule has 2 heterocycles. The average Bonchev–Trinajstić information content (AvgIpc) is 3.07. The highest BCUT2D eigenvalue weighted by Crippen LogP contribution is 2.42. The van der Waals surface area contributed by atoms with Crippen LogP contribution in [0.15, 0.2) is 75.9 Å². The van der Waals surface area contributed by atoms with E-state index < -0.39 is 40.8 Å². The lowest BCUT2D eigenvalue weighted by atomic mass is 9.98. The van der Waals surface area contributed by atoms with Crippen LogP contribution in [0.4, 0.5) is 27.6 Å². The predicted molar refractivity (Wildman–Crippen MR) is 109 cm³/mol. The number of carbonyl (C=O) groups excluding carboxylic acids is 1. The summed E-state index contributed by atoms with van der Waals surface area (Å²) in [5.41, 5.74) is -1.77. The topological polar surface area (TPSA) is 50.5 Å². The highest BCUT2D eigenvalue weighted by atomic mass is 19.4. The largest absolute Gasteiger partial charge is 0.450 e. The lowest BCUT2D eigenvalue weighted by Crippen LogP contribution is -2.29. The Kier molecular flexibility index (Phi) is 4.59. The van der Waals surface area contributed by atoms with Crippen molar-refractivity contribution in [3.05, 3.63) is 111 Å². The maximum absolute atomic E-state index is 13.8. The summed E-state index contributed by atoms with van der Waals surface area (Å²) in [6.07, 6.45) is -4.67. The Labute approximate surface area is 182 Å². The number of rotatable bonds is 2. The summed E-state index contributed by atoms with van der Waals surface area (Å²) < 4.78 is 72.9. The van der Waals surface area contributed by atoms with E-state index in [1.54, 1.807) is 0 Å². The van der Waals surface area contributed by atoms with E-state index in [0.717, 1.165) is 47.4 Å². The number of halogens is 5. The molecule has 0 spiro atoms. The quantitative estimate of drug-likeness (QED) is 0.356. The summed E-state index contributed by atoms with van der Waals surface area (Å²) in [6, 6.07) is 10.9. The molecule has 1 unspecified atom stereocenters. The Morgan fingerprint density at radius 2 is 1.55 bits per heavy atom. The van der Waals surface area contributed by atoms with Gasteiger partial charge in [0, 0.05) is 5.69 Å². The Morgan fingerprint density at radius 3 is 2.24 bits per heavy atom. The second-order valence-corrected chi connectivity index (χ2v) is 7.49. The fraction of sp³-hybridized carbons (Fsp3) is 0.0833. The number of fused-ring (bicyclic) bond motifs is 2. The molecule has 1 aliphatic heterocycles. The Hall–Kier alpha value is -4.01. The molecule has 0 radical (unpaired) electrons. The van der Waals surface area contributed by atoms with Gasteiger partial charge in [-0.1, -0.05) is 18.2 Å². The fourth-order valence-corrected chi connectivity index (χ4v) is 4.00. The highest BCUT2D eigenvalue weighted by Gasteiger charge is 2.44. The normalized spacial score (nSPS) is 15.8. The minimum absolute atomic E-state index is 0.0442. The van der Waals surface area contributed by atoms with E-state index in [9.17, 15) is 31.5 Å². The number of anilines is 1. The van der Waals surface area contributed by atoms with Crippen LogP contribution < -0.4 is 10.3 Å². The minimum Gasteiger partial charge on any atom is -0.450 e. The van der Waals surface area contributed by atoms with Crippen molar-refractivity contribution in [2.24, 2.45) is 0 Å². The molecule has 4 nitrogen and oxygen atoms in total. The van der Waals surface area contributed by atoms with Gasteiger partial charge >= 0.3 is 6.18 Å². The number of benzene rings is 3. The molecule has 0 aliphatic carbocycles. The molecule has 0 saturated heterocycles. The van der Waals surface area contributed by atoms with E-state index in [-0.39, 0.29) is 33.5 Å². The third-order valence-corrected chi connectivity index (χ3v) is 5.47. The van der Waals surface area contributed by atoms with Gasteiger partial charge in [0.15, 0.2) is 5.43 Å². The van der Waals surface area contributed by atoms with Crippen LogP contribution in [-0.2, 0) is 6.18 Å². The SMILES string of the molecule is O=C1c2oc3ccc(F)cc3c(=O)c2C(c2ccc(F)cc2)N1c1cccc(C(F)(F)F)c1. The summed E-state index contributed by atoms with van der Waals surface area (Å²) in [5, 5.41) is -0.125. The van der Waals surface area contributed by atoms with Crippen LogP contribution in [0.2, 0.25) is 0 Å². The monoisotopic (exact) mass is 457 g/mol. The van der Waals surface area contributed by atoms with Crippen LogP contribution >= 0.6 is 0 Å². The number of hydrogen-bond donors (Lipinski definition) is 0. The standard InChI is InChI=1S/C24H12F5NO3/c25-14-6-4-12(5-7-14)20-19-21(31)17-11-15(26)8-9-18(17)33-22(19)23(32)30(20)16-3-1-2-13(10-16)24(27,28)29/h1-11,20H. The second-order valence-electron chi connectivity index (χ2n) is 7.49. The molecule has 9 heteroatoms. The van der Waals surface area contributed by atoms with Gasteiger partial charge in [0.2, 0.25) is 5.76 Å². The van der Waals surface area contributed by atoms with E-state index in [4.69, 9.17) is 4.42 Å². The number of hydrogen-bond acceptors (Lipinski definition) is 3. The number of alkyl halides is 3. The van der Waals surface area contributed by atoms with Gasteiger partial charge in [-0.3, -0.25) is 14.5 Å². The van der Waals surface area contributed by atoms with E-state index in [0.29, 0.717) is 0 Å². The Morgan fingerprint density at radius 1 is 0.848 bits per heavy atom. The average molecular weight is 457 g/mol. The lowest BCUT2D eigenvalue weighted by Gasteiger charge is -2.26. The zero-order valence-corrected chi connectivity index (χ0v) is 16.5. The Balaban J connectivity index is 1.79. The molecule has 3 aromatic carbocycles. The van der Waals surface area contributed by atoms with Crippen LogP contribution in [0.25, 0.3) is 11.0 Å². The summed E-state index contributed by atoms with van der Waals surface area (Å²) in [7, 11) is 0. The molecule has 0 fully saturated rings. The summed E-state index contributed by atoms with van der Waals surface area (Å²) >= 11 is 0. The molecule has 166 valence electrons. The van der Waals surface area contributed by atoms with Crippen LogP contribution in [0, 0.1) is 11.6 Å². The van der Waals surface area contributed by atoms with Gasteiger partial charge in [-0.25, -0.2) is 8.78 Å². The first-order valence-electron chi connectivity index (χ1n) is 9.67. The summed E-state index contributed by atoms with van der Waals surface area (Å²) in [5.74, 6) is -2.50. The third kappa shape index (κ3) is 3.36. The van der Waals surface area contributed by atoms with Gasteiger partial charge in [-0.15, -0.1) is 0 Å². The number of nitrogens with zero attached hydrogens (tertiary/aromatic N) is 1. The Bertz CT molecular complexity index is 1470. The van der Waals surface area contributed by atoms with E-state index >= 15 is 0 Å². The van der Waals surface area contributed by atoms with Crippen molar-refractivity contribution in [2.45, 2.75) is 12.2 Å². The summed E-state index contributed by atoms with van der Waals surface area (Å²) in [6.45, 7) is 0. The molecular weight excluding hydrogens is 445 g/mol. The van der Waals surface area contributed by atoms with Gasteiger partial charge in [0.05, 0.1) is 22.6 Å². The third-order valence-electron chi connectivity index (χ3n) is 5.47. The zero-order chi connectivity index (χ0) is 23.5. The van der Waals surface area contributed by atoms with E-state index in [1.165, 1.54) is 24.3 Å². The van der Waals surface area contributed by atoms with Gasteiger partial charge in [0.1, 0.15) is 17.2 Å². The van der Waals surface area contributed by atoms with Gasteiger partial charge in [-0.2, -0.15) is 13.2 Å². The molecule has 0 saturated carbocycles. The number of carbonyl (C=O) groups is 1. The smallest absolute Gasteiger partial charge is 0.416 e. The van der Waals surface area contributed by atoms with Crippen LogP contribution in [0.3, 0.4) is 0 Å². The predicted octanol–water partition coefficient (Wildman–Crippen LogP) is 5.84. The minimum atomic E-state index is -4.67. The van der Waals surface area contributed by atoms with Crippen molar-refractivity contribution in [3.8, 4) is 0 Å². The summed E-state index contributed by atoms with van der Waals surface area (Å²) in [4.78, 5) is 27.6. The van der Waals surface area contributed by atoms with Crippen LogP contribution in [0.1, 0.15) is 33.3 Å². The molecule has 33 heavy (non-hydrogen) atoms. The fourth-order valence-electron chi connectivity index (χ4n) is 4.00. The molecular formula is C24H12F5NO3. The highest BCUT2D eigenvalue weighted by molar-refractivity contribution is 6.10. The molecule has 1 amide bonds. The van der Waals surface area contributed by atoms with Crippen molar-refractivity contribution >= 4 is 22.6 Å². The van der Waals surface area contributed by atoms with Crippen molar-refractivity contribution in [1.82, 2.24) is 0 Å². The van der Waals surface area contributed by atoms with Gasteiger partial charge < -0.3 is 4.42 Å². The molecule has 5 rings (SSSR count). The molecule has 1 aliphatic rings. The maximum atomic E-state index is 13.8. The van der Waals surface area contributed by atoms with Gasteiger partial charge in [-0.05, 0) is 54.1 Å². The van der Waals surface area contributed by atoms with Crippen LogP contribution in [0.5, 0.6) is 0 Å². The first-order valence-corrected chi connectivity index (χ1v) is 9.67.